The Kier molecular flexibility index (Phi) is 6.23. The van der Waals surface area contributed by atoms with Gasteiger partial charge in [0.25, 0.3) is 0 Å². The van der Waals surface area contributed by atoms with Gasteiger partial charge in [-0.05, 0) is 86.6 Å². The Morgan fingerprint density at radius 3 is 1.89 bits per heavy atom. The SMILES string of the molecule is c1ccc(-c2ccc(N(c3ccc4c(c3)sc3cc5[nH]c6c7c(cc8ccc(c34)c5c86)sc3ccccc37)c3cc4ccccc4c4ccccc34)cc2)cc1. The third-order valence-corrected chi connectivity index (χ3v) is 14.1. The van der Waals surface area contributed by atoms with E-state index < -0.39 is 0 Å². The van der Waals surface area contributed by atoms with E-state index in [9.17, 15) is 0 Å². The Morgan fingerprint density at radius 1 is 0.357 bits per heavy atom. The molecule has 2 nitrogen and oxygen atoms in total. The minimum atomic E-state index is 1.13. The minimum absolute atomic E-state index is 1.13. The van der Waals surface area contributed by atoms with E-state index in [0.29, 0.717) is 0 Å². The summed E-state index contributed by atoms with van der Waals surface area (Å²) in [5.41, 5.74) is 8.34. The number of H-pyrrole nitrogens is 1. The lowest BCUT2D eigenvalue weighted by atomic mass is 9.96. The number of aromatic amines is 1. The molecule has 3 aromatic heterocycles. The average Bonchev–Trinajstić information content (AvgIpc) is 3.94. The molecule has 13 aromatic rings. The van der Waals surface area contributed by atoms with Crippen LogP contribution in [0.15, 0.2) is 176 Å². The van der Waals surface area contributed by atoms with Crippen LogP contribution in [0.4, 0.5) is 17.1 Å². The van der Waals surface area contributed by atoms with Gasteiger partial charge >= 0.3 is 0 Å². The molecule has 0 saturated carbocycles. The van der Waals surface area contributed by atoms with Gasteiger partial charge in [0.1, 0.15) is 0 Å². The molecule has 0 radical (unpaired) electrons. The lowest BCUT2D eigenvalue weighted by Crippen LogP contribution is -2.10. The van der Waals surface area contributed by atoms with E-state index in [1.807, 2.05) is 22.7 Å². The fourth-order valence-electron chi connectivity index (χ4n) is 9.45. The van der Waals surface area contributed by atoms with Crippen molar-refractivity contribution in [3.8, 4) is 11.1 Å². The molecule has 0 bridgehead atoms. The molecule has 0 unspecified atom stereocenters. The Labute approximate surface area is 329 Å². The molecule has 1 N–H and O–H groups in total. The highest BCUT2D eigenvalue weighted by molar-refractivity contribution is 7.26. The number of nitrogens with one attached hydrogen (secondary N) is 1. The monoisotopic (exact) mass is 746 g/mol. The molecule has 56 heavy (non-hydrogen) atoms. The molecule has 10 aromatic carbocycles. The first-order valence-corrected chi connectivity index (χ1v) is 20.7. The maximum atomic E-state index is 3.94. The van der Waals surface area contributed by atoms with Gasteiger partial charge in [-0.3, -0.25) is 0 Å². The van der Waals surface area contributed by atoms with Crippen LogP contribution in [0.25, 0.3) is 106 Å². The highest BCUT2D eigenvalue weighted by atomic mass is 32.1. The van der Waals surface area contributed by atoms with Gasteiger partial charge in [-0.2, -0.15) is 0 Å². The molecular weight excluding hydrogens is 717 g/mol. The molecule has 0 atom stereocenters. The van der Waals surface area contributed by atoms with Gasteiger partial charge in [0, 0.05) is 73.4 Å². The van der Waals surface area contributed by atoms with Crippen molar-refractivity contribution in [2.24, 2.45) is 0 Å². The summed E-state index contributed by atoms with van der Waals surface area (Å²) in [7, 11) is 0. The van der Waals surface area contributed by atoms with E-state index in [1.54, 1.807) is 0 Å². The topological polar surface area (TPSA) is 19.0 Å². The molecule has 4 heteroatoms. The lowest BCUT2D eigenvalue weighted by Gasteiger charge is -2.28. The number of thiophene rings is 2. The predicted octanol–water partition coefficient (Wildman–Crippen LogP) is 16.1. The molecule has 0 aliphatic heterocycles. The zero-order chi connectivity index (χ0) is 36.5. The van der Waals surface area contributed by atoms with Gasteiger partial charge in [0.15, 0.2) is 0 Å². The van der Waals surface area contributed by atoms with Crippen molar-refractivity contribution in [3.63, 3.8) is 0 Å². The van der Waals surface area contributed by atoms with Crippen LogP contribution in [0.2, 0.25) is 0 Å². The van der Waals surface area contributed by atoms with E-state index in [2.05, 4.69) is 186 Å². The molecule has 13 rings (SSSR count). The Hall–Kier alpha value is -6.72. The van der Waals surface area contributed by atoms with E-state index in [4.69, 9.17) is 0 Å². The van der Waals surface area contributed by atoms with E-state index in [0.717, 1.165) is 11.4 Å². The van der Waals surface area contributed by atoms with Crippen molar-refractivity contribution in [1.29, 1.82) is 0 Å². The van der Waals surface area contributed by atoms with Crippen LogP contribution < -0.4 is 4.90 Å². The molecule has 0 saturated heterocycles. The second-order valence-corrected chi connectivity index (χ2v) is 17.1. The predicted molar refractivity (Wildman–Crippen MR) is 245 cm³/mol. The highest BCUT2D eigenvalue weighted by Crippen LogP contribution is 2.50. The van der Waals surface area contributed by atoms with Gasteiger partial charge in [0.05, 0.1) is 11.2 Å². The quantitative estimate of drug-likeness (QED) is 0.178. The van der Waals surface area contributed by atoms with Crippen molar-refractivity contribution in [2.45, 2.75) is 0 Å². The summed E-state index contributed by atoms with van der Waals surface area (Å²) < 4.78 is 5.27. The number of anilines is 3. The van der Waals surface area contributed by atoms with Gasteiger partial charge in [0.2, 0.25) is 0 Å². The second-order valence-electron chi connectivity index (χ2n) is 14.9. The standard InChI is InChI=1S/C52H30N2S2/c1-2-10-30(11-3-1)31-18-21-34(22-19-31)54(43-26-32-12-4-5-13-36(32)37-14-6-7-15-38(37)43)35-23-25-40-45(28-35)56-47-29-42-50-41(49(40)47)24-20-33-27-46-51(52(53-42)48(33)50)39-16-8-9-17-44(39)55-46/h1-29,53H. The Balaban J connectivity index is 1.04. The van der Waals surface area contributed by atoms with Gasteiger partial charge in [-0.25, -0.2) is 0 Å². The Morgan fingerprint density at radius 2 is 1.02 bits per heavy atom. The number of hydrogen-bond donors (Lipinski definition) is 1. The maximum absolute atomic E-state index is 3.94. The first kappa shape index (κ1) is 30.6. The number of fused-ring (bicyclic) bond motifs is 11. The lowest BCUT2D eigenvalue weighted by molar-refractivity contribution is 1.31. The average molecular weight is 747 g/mol. The summed E-state index contributed by atoms with van der Waals surface area (Å²) in [6, 6.07) is 65.1. The van der Waals surface area contributed by atoms with Gasteiger partial charge in [-0.15, -0.1) is 22.7 Å². The number of benzene rings is 10. The van der Waals surface area contributed by atoms with Crippen molar-refractivity contribution in [1.82, 2.24) is 4.98 Å². The van der Waals surface area contributed by atoms with Crippen LogP contribution in [0, 0.1) is 0 Å². The van der Waals surface area contributed by atoms with E-state index in [-0.39, 0.29) is 0 Å². The fourth-order valence-corrected chi connectivity index (χ4v) is 11.8. The maximum Gasteiger partial charge on any atom is 0.0565 e. The van der Waals surface area contributed by atoms with Crippen molar-refractivity contribution in [2.75, 3.05) is 4.90 Å². The molecule has 0 aliphatic carbocycles. The van der Waals surface area contributed by atoms with Crippen molar-refractivity contribution >= 4 is 134 Å². The largest absolute Gasteiger partial charge is 0.354 e. The van der Waals surface area contributed by atoms with Crippen LogP contribution in [-0.2, 0) is 0 Å². The van der Waals surface area contributed by atoms with Crippen LogP contribution in [0.1, 0.15) is 0 Å². The molecule has 0 aliphatic rings. The molecule has 0 spiro atoms. The van der Waals surface area contributed by atoms with Crippen LogP contribution >= 0.6 is 22.7 Å². The van der Waals surface area contributed by atoms with Crippen LogP contribution in [-0.4, -0.2) is 4.98 Å². The summed E-state index contributed by atoms with van der Waals surface area (Å²) in [6.07, 6.45) is 0. The molecular formula is C52H30N2S2. The summed E-state index contributed by atoms with van der Waals surface area (Å²) in [4.78, 5) is 6.40. The third kappa shape index (κ3) is 4.25. The summed E-state index contributed by atoms with van der Waals surface area (Å²) in [5.74, 6) is 0. The normalized spacial score (nSPS) is 12.3. The summed E-state index contributed by atoms with van der Waals surface area (Å²) in [6.45, 7) is 0. The number of hydrogen-bond acceptors (Lipinski definition) is 3. The minimum Gasteiger partial charge on any atom is -0.354 e. The highest BCUT2D eigenvalue weighted by Gasteiger charge is 2.22. The molecule has 0 amide bonds. The van der Waals surface area contributed by atoms with Crippen LogP contribution in [0.3, 0.4) is 0 Å². The van der Waals surface area contributed by atoms with Crippen LogP contribution in [0.5, 0.6) is 0 Å². The molecule has 260 valence electrons. The summed E-state index contributed by atoms with van der Waals surface area (Å²) >= 11 is 3.78. The molecule has 0 fully saturated rings. The number of nitrogens with zero attached hydrogens (tertiary/aromatic N) is 1. The smallest absolute Gasteiger partial charge is 0.0565 e. The van der Waals surface area contributed by atoms with Crippen molar-refractivity contribution < 1.29 is 0 Å². The molecule has 3 heterocycles. The second kappa shape index (κ2) is 11.4. The third-order valence-electron chi connectivity index (χ3n) is 11.9. The number of rotatable bonds is 4. The zero-order valence-corrected chi connectivity index (χ0v) is 31.6. The van der Waals surface area contributed by atoms with E-state index >= 15 is 0 Å². The summed E-state index contributed by atoms with van der Waals surface area (Å²) in [5, 5.41) is 15.6. The Bertz CT molecular complexity index is 3700. The van der Waals surface area contributed by atoms with Crippen molar-refractivity contribution in [3.05, 3.63) is 176 Å². The first-order chi connectivity index (χ1) is 27.7. The zero-order valence-electron chi connectivity index (χ0n) is 30.0. The fraction of sp³-hybridized carbons (Fsp3) is 0. The number of aromatic nitrogens is 1. The first-order valence-electron chi connectivity index (χ1n) is 19.1. The van der Waals surface area contributed by atoms with E-state index in [1.165, 1.54) is 111 Å². The van der Waals surface area contributed by atoms with Gasteiger partial charge in [-0.1, -0.05) is 127 Å². The van der Waals surface area contributed by atoms with Gasteiger partial charge < -0.3 is 9.88 Å².